The zero-order valence-corrected chi connectivity index (χ0v) is 13.1. The molecule has 0 aliphatic rings. The van der Waals surface area contributed by atoms with Gasteiger partial charge in [-0.25, -0.2) is 0 Å². The average molecular weight is 349 g/mol. The van der Waals surface area contributed by atoms with Crippen molar-refractivity contribution in [1.29, 1.82) is 0 Å². The Morgan fingerprint density at radius 1 is 0.950 bits per heavy atom. The highest BCUT2D eigenvalue weighted by Crippen LogP contribution is 2.25. The first-order valence-electron chi connectivity index (χ1n) is 5.61. The molecule has 0 saturated carbocycles. The van der Waals surface area contributed by atoms with Gasteiger partial charge >= 0.3 is 0 Å². The number of halogens is 4. The van der Waals surface area contributed by atoms with Crippen molar-refractivity contribution in [1.82, 2.24) is 0 Å². The van der Waals surface area contributed by atoms with Crippen molar-refractivity contribution in [2.75, 3.05) is 0 Å². The van der Waals surface area contributed by atoms with Crippen LogP contribution >= 0.6 is 46.4 Å². The monoisotopic (exact) mass is 347 g/mol. The molecule has 6 heteroatoms. The topological polar surface area (TPSA) is 21.6 Å². The van der Waals surface area contributed by atoms with Crippen LogP contribution < -0.4 is 0 Å². The highest BCUT2D eigenvalue weighted by Gasteiger charge is 2.05. The summed E-state index contributed by atoms with van der Waals surface area (Å²) >= 11 is 23.8. The number of rotatable bonds is 4. The average Bonchev–Trinajstić information content (AvgIpc) is 2.39. The van der Waals surface area contributed by atoms with Gasteiger partial charge in [-0.15, -0.1) is 0 Å². The molecule has 0 atom stereocenters. The maximum Gasteiger partial charge on any atom is 0.145 e. The predicted molar refractivity (Wildman–Crippen MR) is 85.3 cm³/mol. The Kier molecular flexibility index (Phi) is 5.55. The quantitative estimate of drug-likeness (QED) is 0.501. The van der Waals surface area contributed by atoms with E-state index >= 15 is 0 Å². The molecule has 2 aromatic carbocycles. The van der Waals surface area contributed by atoms with Crippen LogP contribution in [0.25, 0.3) is 0 Å². The lowest BCUT2D eigenvalue weighted by Crippen LogP contribution is -1.91. The van der Waals surface area contributed by atoms with Crippen molar-refractivity contribution in [3.63, 3.8) is 0 Å². The number of hydrogen-bond acceptors (Lipinski definition) is 2. The van der Waals surface area contributed by atoms with Gasteiger partial charge in [-0.3, -0.25) is 0 Å². The van der Waals surface area contributed by atoms with Gasteiger partial charge in [0.15, 0.2) is 0 Å². The molecule has 0 aromatic heterocycles. The van der Waals surface area contributed by atoms with Crippen LogP contribution in [0.2, 0.25) is 20.1 Å². The maximum atomic E-state index is 6.02. The fourth-order valence-electron chi connectivity index (χ4n) is 1.47. The van der Waals surface area contributed by atoms with Crippen molar-refractivity contribution >= 4 is 52.6 Å². The molecular weight excluding hydrogens is 340 g/mol. The minimum absolute atomic E-state index is 0.181. The van der Waals surface area contributed by atoms with Crippen LogP contribution in [0.1, 0.15) is 11.1 Å². The first kappa shape index (κ1) is 15.5. The SMILES string of the molecule is Clc1ccc(/C=N\OCc2c(Cl)cccc2Cl)c(Cl)c1. The molecule has 0 aliphatic heterocycles. The third-order valence-electron chi connectivity index (χ3n) is 2.50. The van der Waals surface area contributed by atoms with Crippen LogP contribution in [0.15, 0.2) is 41.6 Å². The van der Waals surface area contributed by atoms with E-state index in [1.54, 1.807) is 36.4 Å². The van der Waals surface area contributed by atoms with E-state index in [1.807, 2.05) is 0 Å². The molecule has 0 saturated heterocycles. The summed E-state index contributed by atoms with van der Waals surface area (Å²) in [6.45, 7) is 0.181. The van der Waals surface area contributed by atoms with Crippen LogP contribution in [0, 0.1) is 0 Å². The smallest absolute Gasteiger partial charge is 0.145 e. The molecule has 0 amide bonds. The summed E-state index contributed by atoms with van der Waals surface area (Å²) in [4.78, 5) is 5.18. The standard InChI is InChI=1S/C14H9Cl4NO/c15-10-5-4-9(14(18)6-10)7-19-20-8-11-12(16)2-1-3-13(11)17/h1-7H,8H2/b19-7-. The van der Waals surface area contributed by atoms with Crippen molar-refractivity contribution in [2.24, 2.45) is 5.16 Å². The van der Waals surface area contributed by atoms with Gasteiger partial charge in [0.25, 0.3) is 0 Å². The molecule has 0 heterocycles. The summed E-state index contributed by atoms with van der Waals surface area (Å²) in [5.74, 6) is 0. The van der Waals surface area contributed by atoms with E-state index in [0.29, 0.717) is 31.2 Å². The summed E-state index contributed by atoms with van der Waals surface area (Å²) in [7, 11) is 0. The van der Waals surface area contributed by atoms with Crippen LogP contribution in [0.5, 0.6) is 0 Å². The Morgan fingerprint density at radius 2 is 1.65 bits per heavy atom. The van der Waals surface area contributed by atoms with Crippen LogP contribution in [0.4, 0.5) is 0 Å². The Bertz CT molecular complexity index is 623. The van der Waals surface area contributed by atoms with Crippen molar-refractivity contribution in [3.8, 4) is 0 Å². The van der Waals surface area contributed by atoms with E-state index < -0.39 is 0 Å². The highest BCUT2D eigenvalue weighted by atomic mass is 35.5. The fraction of sp³-hybridized carbons (Fsp3) is 0.0714. The fourth-order valence-corrected chi connectivity index (χ4v) is 2.44. The van der Waals surface area contributed by atoms with Crippen LogP contribution in [-0.2, 0) is 11.4 Å². The predicted octanol–water partition coefficient (Wildman–Crippen LogP) is 5.85. The van der Waals surface area contributed by atoms with Gasteiger partial charge in [-0.05, 0) is 24.3 Å². The molecular formula is C14H9Cl4NO. The van der Waals surface area contributed by atoms with E-state index in [1.165, 1.54) is 6.21 Å². The van der Waals surface area contributed by atoms with E-state index in [4.69, 9.17) is 51.2 Å². The summed E-state index contributed by atoms with van der Waals surface area (Å²) in [6, 6.07) is 10.4. The molecule has 0 aliphatic carbocycles. The molecule has 20 heavy (non-hydrogen) atoms. The normalized spacial score (nSPS) is 11.0. The van der Waals surface area contributed by atoms with Gasteiger partial charge in [-0.1, -0.05) is 63.7 Å². The second-order valence-corrected chi connectivity index (χ2v) is 5.53. The minimum Gasteiger partial charge on any atom is -0.391 e. The zero-order valence-electron chi connectivity index (χ0n) is 10.1. The summed E-state index contributed by atoms with van der Waals surface area (Å²) < 4.78 is 0. The van der Waals surface area contributed by atoms with Crippen molar-refractivity contribution < 1.29 is 4.84 Å². The first-order chi connectivity index (χ1) is 9.58. The van der Waals surface area contributed by atoms with Gasteiger partial charge in [-0.2, -0.15) is 0 Å². The van der Waals surface area contributed by atoms with Gasteiger partial charge in [0.05, 0.1) is 11.2 Å². The summed E-state index contributed by atoms with van der Waals surface area (Å²) in [5, 5.41) is 5.98. The maximum absolute atomic E-state index is 6.02. The number of oxime groups is 1. The highest BCUT2D eigenvalue weighted by molar-refractivity contribution is 6.36. The third kappa shape index (κ3) is 4.03. The van der Waals surface area contributed by atoms with Crippen LogP contribution in [0.3, 0.4) is 0 Å². The minimum atomic E-state index is 0.181. The molecule has 2 nitrogen and oxygen atoms in total. The lowest BCUT2D eigenvalue weighted by atomic mass is 10.2. The van der Waals surface area contributed by atoms with E-state index in [-0.39, 0.29) is 6.61 Å². The molecule has 0 N–H and O–H groups in total. The van der Waals surface area contributed by atoms with Gasteiger partial charge in [0.2, 0.25) is 0 Å². The van der Waals surface area contributed by atoms with Crippen molar-refractivity contribution in [2.45, 2.75) is 6.61 Å². The number of benzene rings is 2. The zero-order chi connectivity index (χ0) is 14.5. The lowest BCUT2D eigenvalue weighted by Gasteiger charge is -2.05. The number of nitrogens with zero attached hydrogens (tertiary/aromatic N) is 1. The Hall–Kier alpha value is -0.930. The molecule has 2 rings (SSSR count). The largest absolute Gasteiger partial charge is 0.391 e. The first-order valence-corrected chi connectivity index (χ1v) is 7.12. The van der Waals surface area contributed by atoms with Gasteiger partial charge in [0, 0.05) is 26.2 Å². The number of hydrogen-bond donors (Lipinski definition) is 0. The lowest BCUT2D eigenvalue weighted by molar-refractivity contribution is 0.132. The Balaban J connectivity index is 2.01. The van der Waals surface area contributed by atoms with Gasteiger partial charge in [0.1, 0.15) is 6.61 Å². The molecule has 0 radical (unpaired) electrons. The second-order valence-electron chi connectivity index (χ2n) is 3.87. The molecule has 0 fully saturated rings. The molecule has 0 unspecified atom stereocenters. The Morgan fingerprint density at radius 3 is 2.30 bits per heavy atom. The van der Waals surface area contributed by atoms with Crippen LogP contribution in [-0.4, -0.2) is 6.21 Å². The van der Waals surface area contributed by atoms with E-state index in [0.717, 1.165) is 0 Å². The summed E-state index contributed by atoms with van der Waals surface area (Å²) in [6.07, 6.45) is 1.50. The van der Waals surface area contributed by atoms with Gasteiger partial charge < -0.3 is 4.84 Å². The van der Waals surface area contributed by atoms with Crippen molar-refractivity contribution in [3.05, 3.63) is 67.6 Å². The molecule has 104 valence electrons. The second kappa shape index (κ2) is 7.19. The Labute approximate surface area is 136 Å². The van der Waals surface area contributed by atoms with E-state index in [2.05, 4.69) is 5.16 Å². The molecule has 0 bridgehead atoms. The third-order valence-corrected chi connectivity index (χ3v) is 3.77. The van der Waals surface area contributed by atoms with E-state index in [9.17, 15) is 0 Å². The summed E-state index contributed by atoms with van der Waals surface area (Å²) in [5.41, 5.74) is 1.40. The molecule has 2 aromatic rings. The molecule has 0 spiro atoms.